The second-order valence-electron chi connectivity index (χ2n) is 13.0. The van der Waals surface area contributed by atoms with Crippen molar-refractivity contribution in [2.24, 2.45) is 17.6 Å². The number of hydrogen-bond donors (Lipinski definition) is 4. The molecule has 1 aromatic rings. The molecule has 14 nitrogen and oxygen atoms in total. The van der Waals surface area contributed by atoms with Crippen LogP contribution in [0.5, 0.6) is 0 Å². The standard InChI is InChI=1S/C35H52N6O8/c1-23(2)21-40(5)35(48)49-22-26-14-12-25(13-15-26)20-28(42)27(10-9-18-37-34(36)47)38-33(46)32(24(3)4)39-29(43)11-7-6-8-19-41-30(44)16-17-31(41)45/h12-17,23-24,27,32H,6-11,18-22H2,1-5H3,(H,38,46)(H,39,43)(H3,36,37,47)/t27-,32-/m0/s1. The summed E-state index contributed by atoms with van der Waals surface area (Å²) in [5, 5.41) is 8.07. The average molecular weight is 685 g/mol. The number of ketones is 1. The van der Waals surface area contributed by atoms with Crippen LogP contribution in [0.4, 0.5) is 9.59 Å². The molecule has 14 heteroatoms. The van der Waals surface area contributed by atoms with Crippen LogP contribution < -0.4 is 21.7 Å². The molecule has 1 aliphatic heterocycles. The summed E-state index contributed by atoms with van der Waals surface area (Å²) >= 11 is 0. The number of primary amides is 1. The molecule has 2 rings (SSSR count). The number of rotatable bonds is 21. The predicted octanol–water partition coefficient (Wildman–Crippen LogP) is 2.58. The molecule has 1 heterocycles. The van der Waals surface area contributed by atoms with Gasteiger partial charge in [-0.25, -0.2) is 9.59 Å². The first-order valence-corrected chi connectivity index (χ1v) is 16.8. The lowest BCUT2D eigenvalue weighted by atomic mass is 9.97. The number of carbonyl (C=O) groups excluding carboxylic acids is 7. The number of hydrogen-bond acceptors (Lipinski definition) is 8. The Hall–Kier alpha value is -4.75. The van der Waals surface area contributed by atoms with E-state index >= 15 is 0 Å². The van der Waals surface area contributed by atoms with Crippen LogP contribution in [0.25, 0.3) is 0 Å². The highest BCUT2D eigenvalue weighted by Crippen LogP contribution is 2.13. The molecule has 0 unspecified atom stereocenters. The quantitative estimate of drug-likeness (QED) is 0.112. The van der Waals surface area contributed by atoms with Crippen molar-refractivity contribution in [2.45, 2.75) is 91.3 Å². The third kappa shape index (κ3) is 14.9. The molecule has 0 saturated carbocycles. The van der Waals surface area contributed by atoms with Crippen LogP contribution in [0.1, 0.15) is 77.3 Å². The lowest BCUT2D eigenvalue weighted by Gasteiger charge is -2.25. The van der Waals surface area contributed by atoms with Crippen LogP contribution in [0.3, 0.4) is 0 Å². The van der Waals surface area contributed by atoms with E-state index in [2.05, 4.69) is 16.0 Å². The molecule has 5 N–H and O–H groups in total. The van der Waals surface area contributed by atoms with Crippen LogP contribution in [-0.4, -0.2) is 90.1 Å². The number of amides is 7. The van der Waals surface area contributed by atoms with Gasteiger partial charge in [0.15, 0.2) is 5.78 Å². The summed E-state index contributed by atoms with van der Waals surface area (Å²) in [6.07, 6.45) is 4.51. The topological polar surface area (TPSA) is 197 Å². The molecule has 0 fully saturated rings. The lowest BCUT2D eigenvalue weighted by molar-refractivity contribution is -0.137. The fraction of sp³-hybridized carbons (Fsp3) is 0.571. The second-order valence-corrected chi connectivity index (χ2v) is 13.0. The number of Topliss-reactive ketones (excluding diaryl/α,β-unsaturated/α-hetero) is 1. The van der Waals surface area contributed by atoms with E-state index < -0.39 is 30.1 Å². The minimum Gasteiger partial charge on any atom is -0.445 e. The number of carbonyl (C=O) groups is 7. The molecule has 2 atom stereocenters. The first-order chi connectivity index (χ1) is 23.2. The van der Waals surface area contributed by atoms with Gasteiger partial charge in [-0.05, 0) is 48.6 Å². The monoisotopic (exact) mass is 684 g/mol. The van der Waals surface area contributed by atoms with E-state index in [1.54, 1.807) is 45.2 Å². The summed E-state index contributed by atoms with van der Waals surface area (Å²) < 4.78 is 5.37. The van der Waals surface area contributed by atoms with E-state index in [0.717, 1.165) is 10.5 Å². The first kappa shape index (κ1) is 40.4. The molecule has 0 aliphatic carbocycles. The van der Waals surface area contributed by atoms with Gasteiger partial charge < -0.3 is 31.3 Å². The zero-order chi connectivity index (χ0) is 36.5. The minimum atomic E-state index is -0.890. The molecule has 49 heavy (non-hydrogen) atoms. The van der Waals surface area contributed by atoms with Gasteiger partial charge in [0.2, 0.25) is 11.8 Å². The summed E-state index contributed by atoms with van der Waals surface area (Å²) in [5.41, 5.74) is 6.62. The molecule has 0 aromatic heterocycles. The van der Waals surface area contributed by atoms with Crippen LogP contribution >= 0.6 is 0 Å². The SMILES string of the molecule is CC(C)CN(C)C(=O)OCc1ccc(CC(=O)[C@H](CCCNC(N)=O)NC(=O)[C@@H](NC(=O)CCCCCN2C(=O)C=CC2=O)C(C)C)cc1. The van der Waals surface area contributed by atoms with Gasteiger partial charge in [0.05, 0.1) is 6.04 Å². The van der Waals surface area contributed by atoms with Gasteiger partial charge in [-0.15, -0.1) is 0 Å². The van der Waals surface area contributed by atoms with E-state index in [-0.39, 0.29) is 68.4 Å². The number of nitrogens with zero attached hydrogens (tertiary/aromatic N) is 2. The molecule has 270 valence electrons. The Bertz CT molecular complexity index is 1330. The largest absolute Gasteiger partial charge is 0.445 e. The zero-order valence-electron chi connectivity index (χ0n) is 29.3. The van der Waals surface area contributed by atoms with Crippen molar-refractivity contribution in [2.75, 3.05) is 26.7 Å². The highest BCUT2D eigenvalue weighted by molar-refractivity contribution is 6.12. The Morgan fingerprint density at radius 2 is 1.51 bits per heavy atom. The summed E-state index contributed by atoms with van der Waals surface area (Å²) in [6.45, 7) is 8.76. The highest BCUT2D eigenvalue weighted by Gasteiger charge is 2.29. The summed E-state index contributed by atoms with van der Waals surface area (Å²) in [6, 6.07) is 4.61. The average Bonchev–Trinajstić information content (AvgIpc) is 3.35. The van der Waals surface area contributed by atoms with Crippen LogP contribution in [0.2, 0.25) is 0 Å². The Labute approximate surface area is 288 Å². The number of unbranched alkanes of at least 4 members (excludes halogenated alkanes) is 2. The smallest absolute Gasteiger partial charge is 0.409 e. The summed E-state index contributed by atoms with van der Waals surface area (Å²) in [7, 11) is 1.68. The number of urea groups is 1. The maximum atomic E-state index is 13.5. The van der Waals surface area contributed by atoms with Crippen molar-refractivity contribution >= 4 is 41.5 Å². The van der Waals surface area contributed by atoms with Gasteiger partial charge in [-0.2, -0.15) is 0 Å². The summed E-state index contributed by atoms with van der Waals surface area (Å²) in [5.74, 6) is -1.71. The molecule has 1 aromatic carbocycles. The number of ether oxygens (including phenoxy) is 1. The fourth-order valence-corrected chi connectivity index (χ4v) is 5.21. The third-order valence-corrected chi connectivity index (χ3v) is 7.84. The Kier molecular flexibility index (Phi) is 17.0. The third-order valence-electron chi connectivity index (χ3n) is 7.84. The molecule has 0 spiro atoms. The van der Waals surface area contributed by atoms with Gasteiger partial charge in [0, 0.05) is 51.7 Å². The van der Waals surface area contributed by atoms with E-state index in [9.17, 15) is 33.6 Å². The Morgan fingerprint density at radius 1 is 0.878 bits per heavy atom. The molecule has 0 saturated heterocycles. The number of imide groups is 1. The molecular formula is C35H52N6O8. The van der Waals surface area contributed by atoms with E-state index in [1.165, 1.54) is 17.1 Å². The van der Waals surface area contributed by atoms with Gasteiger partial charge in [-0.3, -0.25) is 28.9 Å². The van der Waals surface area contributed by atoms with Gasteiger partial charge >= 0.3 is 12.1 Å². The van der Waals surface area contributed by atoms with Crippen molar-refractivity contribution in [3.05, 3.63) is 47.5 Å². The van der Waals surface area contributed by atoms with Gasteiger partial charge in [0.1, 0.15) is 12.6 Å². The van der Waals surface area contributed by atoms with Crippen LogP contribution in [0, 0.1) is 11.8 Å². The molecule has 1 aliphatic rings. The van der Waals surface area contributed by atoms with Crippen molar-refractivity contribution in [3.63, 3.8) is 0 Å². The molecule has 0 radical (unpaired) electrons. The second kappa shape index (κ2) is 20.6. The van der Waals surface area contributed by atoms with Crippen LogP contribution in [0.15, 0.2) is 36.4 Å². The summed E-state index contributed by atoms with van der Waals surface area (Å²) in [4.78, 5) is 88.9. The van der Waals surface area contributed by atoms with E-state index in [4.69, 9.17) is 10.5 Å². The van der Waals surface area contributed by atoms with Gasteiger partial charge in [0.25, 0.3) is 11.8 Å². The number of benzene rings is 1. The van der Waals surface area contributed by atoms with Crippen molar-refractivity contribution < 1.29 is 38.3 Å². The fourth-order valence-electron chi connectivity index (χ4n) is 5.21. The van der Waals surface area contributed by atoms with E-state index in [1.807, 2.05) is 13.8 Å². The predicted molar refractivity (Wildman–Crippen MR) is 183 cm³/mol. The maximum absolute atomic E-state index is 13.5. The van der Waals surface area contributed by atoms with Gasteiger partial charge in [-0.1, -0.05) is 58.4 Å². The molecule has 7 amide bonds. The Morgan fingerprint density at radius 3 is 2.10 bits per heavy atom. The molecular weight excluding hydrogens is 632 g/mol. The minimum absolute atomic E-state index is 0.0226. The normalized spacial score (nSPS) is 13.7. The van der Waals surface area contributed by atoms with Crippen molar-refractivity contribution in [3.8, 4) is 0 Å². The lowest BCUT2D eigenvalue weighted by Crippen LogP contribution is -2.54. The zero-order valence-corrected chi connectivity index (χ0v) is 29.3. The maximum Gasteiger partial charge on any atom is 0.409 e. The number of nitrogens with one attached hydrogen (secondary N) is 3. The van der Waals surface area contributed by atoms with Crippen LogP contribution in [-0.2, 0) is 41.7 Å². The van der Waals surface area contributed by atoms with E-state index in [0.29, 0.717) is 43.7 Å². The molecule has 0 bridgehead atoms. The first-order valence-electron chi connectivity index (χ1n) is 16.8. The Balaban J connectivity index is 1.95. The van der Waals surface area contributed by atoms with Crippen molar-refractivity contribution in [1.29, 1.82) is 0 Å². The number of nitrogens with two attached hydrogens (primary N) is 1. The highest BCUT2D eigenvalue weighted by atomic mass is 16.6. The van der Waals surface area contributed by atoms with Crippen molar-refractivity contribution in [1.82, 2.24) is 25.8 Å².